The molecule has 0 unspecified atom stereocenters. The minimum absolute atomic E-state index is 0.115. The lowest BCUT2D eigenvalue weighted by atomic mass is 10.1. The molecule has 74 valence electrons. The molecule has 0 aliphatic rings. The monoisotopic (exact) mass is 188 g/mol. The molecule has 1 heteroatoms. The van der Waals surface area contributed by atoms with Gasteiger partial charge in [-0.1, -0.05) is 61.6 Å². The van der Waals surface area contributed by atoms with E-state index in [1.165, 1.54) is 5.56 Å². The standard InChI is InChI=1S/C13H16O/c1-12(6-5-11-14)9-10-13-7-3-2-4-8-13/h2-10,12,14H,11H2,1H3/b6-5+,10-9+/t12-/m0/s1. The van der Waals surface area contributed by atoms with Crippen molar-refractivity contribution in [1.82, 2.24) is 0 Å². The molecular weight excluding hydrogens is 172 g/mol. The fourth-order valence-corrected chi connectivity index (χ4v) is 1.17. The van der Waals surface area contributed by atoms with Crippen molar-refractivity contribution in [2.75, 3.05) is 6.61 Å². The van der Waals surface area contributed by atoms with E-state index in [-0.39, 0.29) is 6.61 Å². The summed E-state index contributed by atoms with van der Waals surface area (Å²) in [6, 6.07) is 10.2. The predicted molar refractivity (Wildman–Crippen MR) is 60.9 cm³/mol. The quantitative estimate of drug-likeness (QED) is 0.720. The van der Waals surface area contributed by atoms with Gasteiger partial charge in [-0.3, -0.25) is 0 Å². The number of allylic oxidation sites excluding steroid dienone is 2. The van der Waals surface area contributed by atoms with Crippen molar-refractivity contribution in [2.24, 2.45) is 5.92 Å². The van der Waals surface area contributed by atoms with Gasteiger partial charge in [0, 0.05) is 0 Å². The van der Waals surface area contributed by atoms with E-state index in [1.807, 2.05) is 24.3 Å². The lowest BCUT2D eigenvalue weighted by Crippen LogP contribution is -1.83. The van der Waals surface area contributed by atoms with Crippen LogP contribution in [0.5, 0.6) is 0 Å². The lowest BCUT2D eigenvalue weighted by molar-refractivity contribution is 0.342. The Morgan fingerprint density at radius 2 is 1.93 bits per heavy atom. The third kappa shape index (κ3) is 4.06. The maximum absolute atomic E-state index is 8.59. The fourth-order valence-electron chi connectivity index (χ4n) is 1.17. The van der Waals surface area contributed by atoms with Gasteiger partial charge in [0.1, 0.15) is 0 Å². The molecule has 0 aromatic heterocycles. The lowest BCUT2D eigenvalue weighted by Gasteiger charge is -1.97. The number of benzene rings is 1. The second-order valence-electron chi connectivity index (χ2n) is 3.24. The number of rotatable bonds is 4. The normalized spacial score (nSPS) is 13.9. The van der Waals surface area contributed by atoms with E-state index in [4.69, 9.17) is 5.11 Å². The summed E-state index contributed by atoms with van der Waals surface area (Å²) in [5.74, 6) is 0.363. The van der Waals surface area contributed by atoms with Gasteiger partial charge in [-0.15, -0.1) is 0 Å². The average Bonchev–Trinajstić information content (AvgIpc) is 2.25. The SMILES string of the molecule is C[C@@H](/C=C/CO)/C=C/c1ccccc1. The third-order valence-corrected chi connectivity index (χ3v) is 1.94. The summed E-state index contributed by atoms with van der Waals surface area (Å²) in [5.41, 5.74) is 1.21. The Bertz CT molecular complexity index is 298. The van der Waals surface area contributed by atoms with E-state index in [1.54, 1.807) is 6.08 Å². The number of aliphatic hydroxyl groups excluding tert-OH is 1. The van der Waals surface area contributed by atoms with Crippen LogP contribution in [-0.4, -0.2) is 11.7 Å². The largest absolute Gasteiger partial charge is 0.392 e. The van der Waals surface area contributed by atoms with Crippen LogP contribution in [0.3, 0.4) is 0 Å². The Hall–Kier alpha value is -1.34. The average molecular weight is 188 g/mol. The molecule has 0 saturated heterocycles. The molecular formula is C13H16O. The van der Waals surface area contributed by atoms with Gasteiger partial charge in [0.15, 0.2) is 0 Å². The zero-order chi connectivity index (χ0) is 10.2. The van der Waals surface area contributed by atoms with E-state index < -0.39 is 0 Å². The highest BCUT2D eigenvalue weighted by molar-refractivity contribution is 5.49. The Morgan fingerprint density at radius 3 is 2.57 bits per heavy atom. The molecule has 0 amide bonds. The van der Waals surface area contributed by atoms with Crippen molar-refractivity contribution in [2.45, 2.75) is 6.92 Å². The molecule has 0 spiro atoms. The Labute approximate surface area is 85.4 Å². The molecule has 0 fully saturated rings. The molecule has 1 atom stereocenters. The van der Waals surface area contributed by atoms with Crippen LogP contribution in [0.2, 0.25) is 0 Å². The molecule has 0 aliphatic carbocycles. The number of hydrogen-bond acceptors (Lipinski definition) is 1. The smallest absolute Gasteiger partial charge is 0.0612 e. The van der Waals surface area contributed by atoms with Gasteiger partial charge in [-0.25, -0.2) is 0 Å². The molecule has 0 radical (unpaired) electrons. The molecule has 1 aromatic rings. The Kier molecular flexibility index (Phi) is 4.73. The first kappa shape index (κ1) is 10.7. The molecule has 0 bridgehead atoms. The van der Waals surface area contributed by atoms with Crippen molar-refractivity contribution in [3.8, 4) is 0 Å². The summed E-state index contributed by atoms with van der Waals surface area (Å²) in [6.07, 6.45) is 7.95. The Balaban J connectivity index is 2.52. The summed E-state index contributed by atoms with van der Waals surface area (Å²) < 4.78 is 0. The first-order valence-corrected chi connectivity index (χ1v) is 4.83. The van der Waals surface area contributed by atoms with Gasteiger partial charge in [-0.2, -0.15) is 0 Å². The highest BCUT2D eigenvalue weighted by Gasteiger charge is 1.89. The topological polar surface area (TPSA) is 20.2 Å². The van der Waals surface area contributed by atoms with E-state index in [2.05, 4.69) is 31.2 Å². The van der Waals surface area contributed by atoms with E-state index in [9.17, 15) is 0 Å². The van der Waals surface area contributed by atoms with Crippen molar-refractivity contribution in [3.05, 3.63) is 54.1 Å². The summed E-state index contributed by atoms with van der Waals surface area (Å²) in [5, 5.41) is 8.59. The molecule has 1 aromatic carbocycles. The number of hydrogen-bond donors (Lipinski definition) is 1. The van der Waals surface area contributed by atoms with Crippen LogP contribution in [-0.2, 0) is 0 Å². The van der Waals surface area contributed by atoms with Crippen LogP contribution >= 0.6 is 0 Å². The third-order valence-electron chi connectivity index (χ3n) is 1.94. The minimum atomic E-state index is 0.115. The van der Waals surface area contributed by atoms with Crippen LogP contribution < -0.4 is 0 Å². The van der Waals surface area contributed by atoms with Crippen LogP contribution in [0.4, 0.5) is 0 Å². The molecule has 14 heavy (non-hydrogen) atoms. The van der Waals surface area contributed by atoms with Crippen molar-refractivity contribution in [1.29, 1.82) is 0 Å². The van der Waals surface area contributed by atoms with Gasteiger partial charge in [-0.05, 0) is 11.5 Å². The second-order valence-corrected chi connectivity index (χ2v) is 3.24. The summed E-state index contributed by atoms with van der Waals surface area (Å²) in [4.78, 5) is 0. The van der Waals surface area contributed by atoms with E-state index in [0.29, 0.717) is 5.92 Å². The highest BCUT2D eigenvalue weighted by atomic mass is 16.2. The molecule has 0 saturated carbocycles. The predicted octanol–water partition coefficient (Wildman–Crippen LogP) is 2.88. The van der Waals surface area contributed by atoms with Crippen molar-refractivity contribution < 1.29 is 5.11 Å². The molecule has 0 aliphatic heterocycles. The Morgan fingerprint density at radius 1 is 1.21 bits per heavy atom. The number of aliphatic hydroxyl groups is 1. The first-order chi connectivity index (χ1) is 6.83. The summed E-state index contributed by atoms with van der Waals surface area (Å²) >= 11 is 0. The van der Waals surface area contributed by atoms with Gasteiger partial charge in [0.25, 0.3) is 0 Å². The fraction of sp³-hybridized carbons (Fsp3) is 0.231. The van der Waals surface area contributed by atoms with Crippen LogP contribution in [0.25, 0.3) is 6.08 Å². The maximum atomic E-state index is 8.59. The molecule has 1 nitrogen and oxygen atoms in total. The molecule has 0 heterocycles. The van der Waals surface area contributed by atoms with E-state index in [0.717, 1.165) is 0 Å². The maximum Gasteiger partial charge on any atom is 0.0612 e. The van der Waals surface area contributed by atoms with Gasteiger partial charge >= 0.3 is 0 Å². The van der Waals surface area contributed by atoms with Crippen LogP contribution in [0.15, 0.2) is 48.6 Å². The van der Waals surface area contributed by atoms with Gasteiger partial charge < -0.3 is 5.11 Å². The minimum Gasteiger partial charge on any atom is -0.392 e. The van der Waals surface area contributed by atoms with Crippen LogP contribution in [0.1, 0.15) is 12.5 Å². The zero-order valence-electron chi connectivity index (χ0n) is 8.43. The second kappa shape index (κ2) is 6.17. The zero-order valence-corrected chi connectivity index (χ0v) is 8.43. The summed E-state index contributed by atoms with van der Waals surface area (Å²) in [6.45, 7) is 2.20. The van der Waals surface area contributed by atoms with Gasteiger partial charge in [0.05, 0.1) is 6.61 Å². The molecule has 1 rings (SSSR count). The highest BCUT2D eigenvalue weighted by Crippen LogP contribution is 2.06. The summed E-state index contributed by atoms with van der Waals surface area (Å²) in [7, 11) is 0. The van der Waals surface area contributed by atoms with Crippen molar-refractivity contribution >= 4 is 6.08 Å². The first-order valence-electron chi connectivity index (χ1n) is 4.83. The van der Waals surface area contributed by atoms with Crippen LogP contribution in [0, 0.1) is 5.92 Å². The van der Waals surface area contributed by atoms with Crippen molar-refractivity contribution in [3.63, 3.8) is 0 Å². The molecule has 1 N–H and O–H groups in total. The van der Waals surface area contributed by atoms with E-state index >= 15 is 0 Å². The van der Waals surface area contributed by atoms with Gasteiger partial charge in [0.2, 0.25) is 0 Å².